The van der Waals surface area contributed by atoms with E-state index in [2.05, 4.69) is 9.97 Å². The number of aromatic carboxylic acids is 1. The van der Waals surface area contributed by atoms with Crippen LogP contribution in [-0.4, -0.2) is 44.9 Å². The number of hydrogen-bond donors (Lipinski definition) is 1. The average Bonchev–Trinajstić information content (AvgIpc) is 2.61. The Kier molecular flexibility index (Phi) is 4.79. The molecule has 0 bridgehead atoms. The van der Waals surface area contributed by atoms with Crippen LogP contribution in [0.1, 0.15) is 56.6 Å². The molecule has 1 amide bonds. The number of carboxylic acids is 1. The standard InChI is InChI=1S/C19H21N3O3/c1-12-17(11-20-13(2)21-12)18(23)22-8-6-14(7-9-22)15-4-3-5-16(10-15)19(24)25/h3-5,10-11,14H,6-9H2,1-2H3,(H,24,25). The van der Waals surface area contributed by atoms with E-state index in [0.717, 1.165) is 18.4 Å². The normalized spacial score (nSPS) is 15.2. The number of nitrogens with zero attached hydrogens (tertiary/aromatic N) is 3. The van der Waals surface area contributed by atoms with E-state index in [4.69, 9.17) is 5.11 Å². The highest BCUT2D eigenvalue weighted by atomic mass is 16.4. The summed E-state index contributed by atoms with van der Waals surface area (Å²) in [6, 6.07) is 7.09. The van der Waals surface area contributed by atoms with Gasteiger partial charge in [-0.15, -0.1) is 0 Å². The fraction of sp³-hybridized carbons (Fsp3) is 0.368. The molecule has 0 radical (unpaired) electrons. The Morgan fingerprint density at radius 3 is 2.56 bits per heavy atom. The van der Waals surface area contributed by atoms with Crippen molar-refractivity contribution in [1.82, 2.24) is 14.9 Å². The molecule has 1 N–H and O–H groups in total. The molecule has 6 heteroatoms. The number of carbonyl (C=O) groups excluding carboxylic acids is 1. The van der Waals surface area contributed by atoms with E-state index >= 15 is 0 Å². The van der Waals surface area contributed by atoms with Gasteiger partial charge >= 0.3 is 5.97 Å². The molecule has 130 valence electrons. The number of benzene rings is 1. The van der Waals surface area contributed by atoms with Crippen LogP contribution < -0.4 is 0 Å². The number of amides is 1. The van der Waals surface area contributed by atoms with Crippen LogP contribution in [0.15, 0.2) is 30.5 Å². The lowest BCUT2D eigenvalue weighted by molar-refractivity contribution is 0.0695. The molecule has 3 rings (SSSR count). The van der Waals surface area contributed by atoms with Crippen molar-refractivity contribution in [2.45, 2.75) is 32.6 Å². The Hall–Kier alpha value is -2.76. The second kappa shape index (κ2) is 7.01. The van der Waals surface area contributed by atoms with Crippen molar-refractivity contribution >= 4 is 11.9 Å². The maximum absolute atomic E-state index is 12.7. The van der Waals surface area contributed by atoms with Crippen molar-refractivity contribution in [1.29, 1.82) is 0 Å². The summed E-state index contributed by atoms with van der Waals surface area (Å²) >= 11 is 0. The quantitative estimate of drug-likeness (QED) is 0.929. The summed E-state index contributed by atoms with van der Waals surface area (Å²) in [7, 11) is 0. The van der Waals surface area contributed by atoms with Gasteiger partial charge in [0.05, 0.1) is 16.8 Å². The third kappa shape index (κ3) is 3.68. The Morgan fingerprint density at radius 1 is 1.20 bits per heavy atom. The highest BCUT2D eigenvalue weighted by Gasteiger charge is 2.26. The molecular weight excluding hydrogens is 318 g/mol. The summed E-state index contributed by atoms with van der Waals surface area (Å²) in [5, 5.41) is 9.13. The van der Waals surface area contributed by atoms with Crippen molar-refractivity contribution in [2.75, 3.05) is 13.1 Å². The number of rotatable bonds is 3. The molecule has 1 aromatic carbocycles. The van der Waals surface area contributed by atoms with Crippen LogP contribution in [0.25, 0.3) is 0 Å². The van der Waals surface area contributed by atoms with Gasteiger partial charge in [0.25, 0.3) is 5.91 Å². The van der Waals surface area contributed by atoms with Gasteiger partial charge in [-0.25, -0.2) is 14.8 Å². The Balaban J connectivity index is 1.68. The lowest BCUT2D eigenvalue weighted by Crippen LogP contribution is -2.38. The zero-order valence-corrected chi connectivity index (χ0v) is 14.4. The van der Waals surface area contributed by atoms with Crippen molar-refractivity contribution in [3.05, 3.63) is 58.7 Å². The summed E-state index contributed by atoms with van der Waals surface area (Å²) in [6.07, 6.45) is 3.24. The fourth-order valence-electron chi connectivity index (χ4n) is 3.31. The van der Waals surface area contributed by atoms with Crippen LogP contribution in [0.4, 0.5) is 0 Å². The first-order valence-corrected chi connectivity index (χ1v) is 8.38. The van der Waals surface area contributed by atoms with Gasteiger partial charge in [-0.2, -0.15) is 0 Å². The predicted molar refractivity (Wildman–Crippen MR) is 92.8 cm³/mol. The van der Waals surface area contributed by atoms with Crippen LogP contribution in [0.3, 0.4) is 0 Å². The van der Waals surface area contributed by atoms with Crippen molar-refractivity contribution in [3.8, 4) is 0 Å². The van der Waals surface area contributed by atoms with E-state index in [1.165, 1.54) is 0 Å². The van der Waals surface area contributed by atoms with E-state index in [1.807, 2.05) is 17.9 Å². The zero-order chi connectivity index (χ0) is 18.0. The first-order valence-electron chi connectivity index (χ1n) is 8.38. The van der Waals surface area contributed by atoms with Gasteiger partial charge < -0.3 is 10.0 Å². The summed E-state index contributed by atoms with van der Waals surface area (Å²) in [5.74, 6) is -0.00988. The molecule has 0 spiro atoms. The molecule has 6 nitrogen and oxygen atoms in total. The summed E-state index contributed by atoms with van der Waals surface area (Å²) < 4.78 is 0. The van der Waals surface area contributed by atoms with Crippen LogP contribution in [0.5, 0.6) is 0 Å². The molecule has 0 saturated carbocycles. The van der Waals surface area contributed by atoms with Gasteiger partial charge in [-0.1, -0.05) is 12.1 Å². The van der Waals surface area contributed by atoms with E-state index < -0.39 is 5.97 Å². The number of hydrogen-bond acceptors (Lipinski definition) is 4. The first-order chi connectivity index (χ1) is 12.0. The molecule has 1 saturated heterocycles. The van der Waals surface area contributed by atoms with Crippen molar-refractivity contribution in [3.63, 3.8) is 0 Å². The molecular formula is C19H21N3O3. The number of aromatic nitrogens is 2. The van der Waals surface area contributed by atoms with Crippen LogP contribution >= 0.6 is 0 Å². The van der Waals surface area contributed by atoms with E-state index in [9.17, 15) is 9.59 Å². The molecule has 1 aliphatic rings. The topological polar surface area (TPSA) is 83.4 Å². The molecule has 0 atom stereocenters. The van der Waals surface area contributed by atoms with E-state index in [-0.39, 0.29) is 11.8 Å². The second-order valence-corrected chi connectivity index (χ2v) is 6.41. The van der Waals surface area contributed by atoms with Gasteiger partial charge in [0.2, 0.25) is 0 Å². The van der Waals surface area contributed by atoms with Crippen molar-refractivity contribution in [2.24, 2.45) is 0 Å². The highest BCUT2D eigenvalue weighted by molar-refractivity contribution is 5.95. The molecule has 0 unspecified atom stereocenters. The molecule has 0 aliphatic carbocycles. The van der Waals surface area contributed by atoms with Crippen molar-refractivity contribution < 1.29 is 14.7 Å². The largest absolute Gasteiger partial charge is 0.478 e. The minimum Gasteiger partial charge on any atom is -0.478 e. The molecule has 1 aromatic heterocycles. The van der Waals surface area contributed by atoms with Gasteiger partial charge in [0.15, 0.2) is 0 Å². The van der Waals surface area contributed by atoms with Gasteiger partial charge in [-0.3, -0.25) is 4.79 Å². The molecule has 2 aromatic rings. The van der Waals surface area contributed by atoms with E-state index in [1.54, 1.807) is 31.3 Å². The molecule has 2 heterocycles. The maximum atomic E-state index is 12.7. The fourth-order valence-corrected chi connectivity index (χ4v) is 3.31. The lowest BCUT2D eigenvalue weighted by Gasteiger charge is -2.32. The third-order valence-corrected chi connectivity index (χ3v) is 4.72. The zero-order valence-electron chi connectivity index (χ0n) is 14.4. The average molecular weight is 339 g/mol. The molecule has 1 fully saturated rings. The SMILES string of the molecule is Cc1ncc(C(=O)N2CCC(c3cccc(C(=O)O)c3)CC2)c(C)n1. The van der Waals surface area contributed by atoms with Gasteiger partial charge in [0.1, 0.15) is 5.82 Å². The lowest BCUT2D eigenvalue weighted by atomic mass is 9.88. The Labute approximate surface area is 146 Å². The smallest absolute Gasteiger partial charge is 0.335 e. The van der Waals surface area contributed by atoms with Gasteiger partial charge in [-0.05, 0) is 50.3 Å². The summed E-state index contributed by atoms with van der Waals surface area (Å²) in [6.45, 7) is 4.92. The van der Waals surface area contributed by atoms with Crippen LogP contribution in [0.2, 0.25) is 0 Å². The number of carbonyl (C=O) groups is 2. The van der Waals surface area contributed by atoms with Gasteiger partial charge in [0, 0.05) is 19.3 Å². The third-order valence-electron chi connectivity index (χ3n) is 4.72. The Bertz CT molecular complexity index is 811. The summed E-state index contributed by atoms with van der Waals surface area (Å²) in [4.78, 5) is 34.0. The first kappa shape index (κ1) is 17.1. The predicted octanol–water partition coefficient (Wildman–Crippen LogP) is 2.81. The van der Waals surface area contributed by atoms with Crippen LogP contribution in [0, 0.1) is 13.8 Å². The Morgan fingerprint density at radius 2 is 1.92 bits per heavy atom. The highest BCUT2D eigenvalue weighted by Crippen LogP contribution is 2.29. The second-order valence-electron chi connectivity index (χ2n) is 6.41. The minimum atomic E-state index is -0.913. The monoisotopic (exact) mass is 339 g/mol. The molecule has 25 heavy (non-hydrogen) atoms. The number of likely N-dealkylation sites (tertiary alicyclic amines) is 1. The maximum Gasteiger partial charge on any atom is 0.335 e. The number of aryl methyl sites for hydroxylation is 2. The van der Waals surface area contributed by atoms with E-state index in [0.29, 0.717) is 35.7 Å². The molecule has 1 aliphatic heterocycles. The summed E-state index contributed by atoms with van der Waals surface area (Å²) in [5.41, 5.74) is 2.59. The number of carboxylic acid groups (broad SMARTS) is 1. The number of piperidine rings is 1. The minimum absolute atomic E-state index is 0.0322. The van der Waals surface area contributed by atoms with Crippen LogP contribution in [-0.2, 0) is 0 Å².